The van der Waals surface area contributed by atoms with Crippen LogP contribution in [0.5, 0.6) is 0 Å². The van der Waals surface area contributed by atoms with E-state index >= 15 is 0 Å². The van der Waals surface area contributed by atoms with Crippen molar-refractivity contribution in [2.45, 2.75) is 59.4 Å². The molecule has 2 N–H and O–H groups in total. The average molecular weight is 254 g/mol. The first-order valence-corrected chi connectivity index (χ1v) is 7.43. The van der Waals surface area contributed by atoms with Gasteiger partial charge >= 0.3 is 0 Å². The predicted molar refractivity (Wildman–Crippen MR) is 76.2 cm³/mol. The molecule has 0 saturated heterocycles. The van der Waals surface area contributed by atoms with E-state index in [0.717, 1.165) is 18.9 Å². The van der Waals surface area contributed by atoms with Crippen molar-refractivity contribution in [3.05, 3.63) is 0 Å². The third-order valence-corrected chi connectivity index (χ3v) is 3.70. The maximum atomic E-state index is 12.4. The Morgan fingerprint density at radius 1 is 1.28 bits per heavy atom. The highest BCUT2D eigenvalue weighted by molar-refractivity contribution is 5.76. The summed E-state index contributed by atoms with van der Waals surface area (Å²) in [5.74, 6) is 2.02. The number of rotatable bonds is 8. The van der Waals surface area contributed by atoms with Crippen LogP contribution in [0, 0.1) is 17.8 Å². The number of carbonyl (C=O) groups excluding carboxylic acids is 1. The average Bonchev–Trinajstić information content (AvgIpc) is 3.07. The smallest absolute Gasteiger partial charge is 0.223 e. The first-order chi connectivity index (χ1) is 8.43. The van der Waals surface area contributed by atoms with E-state index in [-0.39, 0.29) is 0 Å². The van der Waals surface area contributed by atoms with Crippen molar-refractivity contribution >= 4 is 5.91 Å². The SMILES string of the molecule is CC(C)C[C@H](CN)CC(=O)N(CC1CC1)C(C)C. The van der Waals surface area contributed by atoms with E-state index in [1.165, 1.54) is 12.8 Å². The predicted octanol–water partition coefficient (Wildman–Crippen LogP) is 2.64. The van der Waals surface area contributed by atoms with E-state index in [1.807, 2.05) is 0 Å². The Bertz CT molecular complexity index is 259. The summed E-state index contributed by atoms with van der Waals surface area (Å²) in [6.07, 6.45) is 4.27. The van der Waals surface area contributed by atoms with E-state index in [0.29, 0.717) is 36.8 Å². The van der Waals surface area contributed by atoms with Crippen LogP contribution >= 0.6 is 0 Å². The second kappa shape index (κ2) is 7.13. The van der Waals surface area contributed by atoms with E-state index in [9.17, 15) is 4.79 Å². The lowest BCUT2D eigenvalue weighted by Gasteiger charge is -2.29. The minimum absolute atomic E-state index is 0.299. The van der Waals surface area contributed by atoms with Crippen molar-refractivity contribution in [2.75, 3.05) is 13.1 Å². The molecule has 0 spiro atoms. The second-order valence-corrected chi connectivity index (χ2v) is 6.52. The largest absolute Gasteiger partial charge is 0.340 e. The van der Waals surface area contributed by atoms with Gasteiger partial charge in [-0.05, 0) is 57.4 Å². The molecule has 3 nitrogen and oxygen atoms in total. The number of nitrogens with zero attached hydrogens (tertiary/aromatic N) is 1. The zero-order valence-corrected chi connectivity index (χ0v) is 12.5. The van der Waals surface area contributed by atoms with Crippen molar-refractivity contribution in [1.29, 1.82) is 0 Å². The first kappa shape index (κ1) is 15.5. The number of hydrogen-bond donors (Lipinski definition) is 1. The fourth-order valence-corrected chi connectivity index (χ4v) is 2.47. The molecule has 0 aromatic carbocycles. The lowest BCUT2D eigenvalue weighted by atomic mass is 9.93. The number of carbonyl (C=O) groups is 1. The van der Waals surface area contributed by atoms with Gasteiger partial charge in [-0.15, -0.1) is 0 Å². The highest BCUT2D eigenvalue weighted by Gasteiger charge is 2.29. The lowest BCUT2D eigenvalue weighted by molar-refractivity contribution is -0.134. The summed E-state index contributed by atoms with van der Waals surface area (Å²) in [6.45, 7) is 10.2. The second-order valence-electron chi connectivity index (χ2n) is 6.52. The Balaban J connectivity index is 2.47. The molecule has 1 amide bonds. The van der Waals surface area contributed by atoms with Crippen LogP contribution in [0.25, 0.3) is 0 Å². The Hall–Kier alpha value is -0.570. The molecule has 1 aliphatic carbocycles. The molecule has 18 heavy (non-hydrogen) atoms. The summed E-state index contributed by atoms with van der Waals surface area (Å²) >= 11 is 0. The van der Waals surface area contributed by atoms with Gasteiger partial charge in [0, 0.05) is 19.0 Å². The summed E-state index contributed by atoms with van der Waals surface area (Å²) in [4.78, 5) is 14.4. The van der Waals surface area contributed by atoms with Crippen molar-refractivity contribution in [3.63, 3.8) is 0 Å². The van der Waals surface area contributed by atoms with Gasteiger partial charge in [-0.25, -0.2) is 0 Å². The highest BCUT2D eigenvalue weighted by Crippen LogP contribution is 2.30. The van der Waals surface area contributed by atoms with Crippen LogP contribution in [0.4, 0.5) is 0 Å². The zero-order valence-electron chi connectivity index (χ0n) is 12.5. The monoisotopic (exact) mass is 254 g/mol. The third-order valence-electron chi connectivity index (χ3n) is 3.70. The summed E-state index contributed by atoms with van der Waals surface area (Å²) in [5.41, 5.74) is 5.79. The van der Waals surface area contributed by atoms with Gasteiger partial charge in [0.25, 0.3) is 0 Å². The standard InChI is InChI=1S/C15H30N2O/c1-11(2)7-14(9-16)8-15(18)17(12(3)4)10-13-5-6-13/h11-14H,5-10,16H2,1-4H3/t14-/m0/s1. The first-order valence-electron chi connectivity index (χ1n) is 7.43. The molecule has 0 unspecified atom stereocenters. The van der Waals surface area contributed by atoms with Gasteiger partial charge in [-0.2, -0.15) is 0 Å². The Labute approximate surface area is 112 Å². The zero-order chi connectivity index (χ0) is 13.7. The van der Waals surface area contributed by atoms with E-state index in [1.54, 1.807) is 0 Å². The van der Waals surface area contributed by atoms with Crippen molar-refractivity contribution in [1.82, 2.24) is 4.90 Å². The quantitative estimate of drug-likeness (QED) is 0.724. The van der Waals surface area contributed by atoms with Gasteiger partial charge in [0.2, 0.25) is 5.91 Å². The summed E-state index contributed by atoms with van der Waals surface area (Å²) in [5, 5.41) is 0. The summed E-state index contributed by atoms with van der Waals surface area (Å²) in [7, 11) is 0. The van der Waals surface area contributed by atoms with Gasteiger partial charge in [0.05, 0.1) is 0 Å². The topological polar surface area (TPSA) is 46.3 Å². The molecular formula is C15H30N2O. The van der Waals surface area contributed by atoms with Crippen LogP contribution in [-0.4, -0.2) is 29.9 Å². The van der Waals surface area contributed by atoms with Crippen molar-refractivity contribution in [2.24, 2.45) is 23.5 Å². The van der Waals surface area contributed by atoms with Gasteiger partial charge in [-0.3, -0.25) is 4.79 Å². The molecule has 0 aromatic rings. The van der Waals surface area contributed by atoms with Gasteiger partial charge in [0.1, 0.15) is 0 Å². The van der Waals surface area contributed by atoms with Crippen molar-refractivity contribution in [3.8, 4) is 0 Å². The van der Waals surface area contributed by atoms with Crippen molar-refractivity contribution < 1.29 is 4.79 Å². The highest BCUT2D eigenvalue weighted by atomic mass is 16.2. The molecule has 1 saturated carbocycles. The van der Waals surface area contributed by atoms with Crippen LogP contribution < -0.4 is 5.73 Å². The molecule has 0 heterocycles. The molecule has 0 aliphatic heterocycles. The maximum absolute atomic E-state index is 12.4. The molecule has 1 fully saturated rings. The van der Waals surface area contributed by atoms with Crippen LogP contribution in [0.3, 0.4) is 0 Å². The normalized spacial score (nSPS) is 17.3. The fraction of sp³-hybridized carbons (Fsp3) is 0.933. The van der Waals surface area contributed by atoms with Crippen LogP contribution in [0.2, 0.25) is 0 Å². The number of nitrogens with two attached hydrogens (primary N) is 1. The maximum Gasteiger partial charge on any atom is 0.223 e. The molecule has 0 aromatic heterocycles. The summed E-state index contributed by atoms with van der Waals surface area (Å²) in [6, 6.07) is 0.315. The molecule has 106 valence electrons. The molecule has 1 atom stereocenters. The Morgan fingerprint density at radius 2 is 1.89 bits per heavy atom. The molecular weight excluding hydrogens is 224 g/mol. The van der Waals surface area contributed by atoms with Gasteiger partial charge in [-0.1, -0.05) is 13.8 Å². The van der Waals surface area contributed by atoms with E-state index in [2.05, 4.69) is 32.6 Å². The van der Waals surface area contributed by atoms with Gasteiger partial charge < -0.3 is 10.6 Å². The molecule has 1 aliphatic rings. The van der Waals surface area contributed by atoms with E-state index < -0.39 is 0 Å². The lowest BCUT2D eigenvalue weighted by Crippen LogP contribution is -2.40. The van der Waals surface area contributed by atoms with Gasteiger partial charge in [0.15, 0.2) is 0 Å². The van der Waals surface area contributed by atoms with Crippen LogP contribution in [0.15, 0.2) is 0 Å². The Morgan fingerprint density at radius 3 is 2.28 bits per heavy atom. The van der Waals surface area contributed by atoms with E-state index in [4.69, 9.17) is 5.73 Å². The third kappa shape index (κ3) is 5.38. The number of amides is 1. The van der Waals surface area contributed by atoms with Crippen LogP contribution in [-0.2, 0) is 4.79 Å². The minimum atomic E-state index is 0.299. The summed E-state index contributed by atoms with van der Waals surface area (Å²) < 4.78 is 0. The minimum Gasteiger partial charge on any atom is -0.340 e. The Kier molecular flexibility index (Phi) is 6.13. The number of hydrogen-bond acceptors (Lipinski definition) is 2. The molecule has 0 radical (unpaired) electrons. The fourth-order valence-electron chi connectivity index (χ4n) is 2.47. The molecule has 0 bridgehead atoms. The van der Waals surface area contributed by atoms with Crippen LogP contribution in [0.1, 0.15) is 53.4 Å². The molecule has 1 rings (SSSR count). The molecule has 3 heteroatoms.